The fourth-order valence-electron chi connectivity index (χ4n) is 0.391. The molecule has 0 aliphatic rings. The Hall–Kier alpha value is -1.65. The molecule has 0 saturated heterocycles. The van der Waals surface area contributed by atoms with Crippen LogP contribution in [0.25, 0.3) is 0 Å². The Labute approximate surface area is 64.2 Å². The Morgan fingerprint density at radius 3 is 2.55 bits per heavy atom. The van der Waals surface area contributed by atoms with Crippen molar-refractivity contribution in [2.75, 3.05) is 7.11 Å². The minimum atomic E-state index is 0.250. The SMILES string of the molecule is COc1cnccn1.NC=O. The van der Waals surface area contributed by atoms with Gasteiger partial charge in [0.1, 0.15) is 0 Å². The van der Waals surface area contributed by atoms with E-state index in [1.165, 1.54) is 0 Å². The third-order valence-electron chi connectivity index (χ3n) is 0.749. The molecular formula is C6H9N3O2. The van der Waals surface area contributed by atoms with Crippen molar-refractivity contribution in [3.63, 3.8) is 0 Å². The summed E-state index contributed by atoms with van der Waals surface area (Å²) in [7, 11) is 1.56. The highest BCUT2D eigenvalue weighted by atomic mass is 16.5. The first-order valence-electron chi connectivity index (χ1n) is 2.80. The Bertz CT molecular complexity index is 190. The van der Waals surface area contributed by atoms with Crippen LogP contribution >= 0.6 is 0 Å². The van der Waals surface area contributed by atoms with Gasteiger partial charge in [-0.25, -0.2) is 4.98 Å². The molecule has 1 amide bonds. The first-order valence-corrected chi connectivity index (χ1v) is 2.80. The molecule has 0 fully saturated rings. The maximum atomic E-state index is 8.58. The number of amides is 1. The molecule has 5 heteroatoms. The van der Waals surface area contributed by atoms with E-state index in [1.54, 1.807) is 25.7 Å². The van der Waals surface area contributed by atoms with E-state index in [0.29, 0.717) is 5.88 Å². The maximum absolute atomic E-state index is 8.58. The molecule has 11 heavy (non-hydrogen) atoms. The molecule has 1 aromatic rings. The van der Waals surface area contributed by atoms with Gasteiger partial charge in [-0.05, 0) is 0 Å². The largest absolute Gasteiger partial charge is 0.480 e. The molecule has 0 saturated carbocycles. The molecular weight excluding hydrogens is 146 g/mol. The Morgan fingerprint density at radius 1 is 1.64 bits per heavy atom. The van der Waals surface area contributed by atoms with Gasteiger partial charge in [0.2, 0.25) is 12.3 Å². The Kier molecular flexibility index (Phi) is 5.50. The minimum absolute atomic E-state index is 0.250. The number of primary amides is 1. The second kappa shape index (κ2) is 6.47. The van der Waals surface area contributed by atoms with Crippen molar-refractivity contribution in [1.82, 2.24) is 9.97 Å². The first kappa shape index (κ1) is 9.35. The lowest BCUT2D eigenvalue weighted by molar-refractivity contribution is -0.106. The summed E-state index contributed by atoms with van der Waals surface area (Å²) >= 11 is 0. The summed E-state index contributed by atoms with van der Waals surface area (Å²) in [5.41, 5.74) is 4.17. The molecule has 1 aromatic heterocycles. The van der Waals surface area contributed by atoms with E-state index in [9.17, 15) is 0 Å². The summed E-state index contributed by atoms with van der Waals surface area (Å²) in [6.45, 7) is 0. The standard InChI is InChI=1S/C5H6N2O.CH3NO/c1-8-5-4-6-2-3-7-5;2-1-3/h2-4H,1H3;1H,(H2,2,3). The Morgan fingerprint density at radius 2 is 2.27 bits per heavy atom. The third kappa shape index (κ3) is 4.83. The summed E-state index contributed by atoms with van der Waals surface area (Å²) in [5.74, 6) is 0.549. The highest BCUT2D eigenvalue weighted by Gasteiger charge is 1.83. The number of ether oxygens (including phenoxy) is 1. The molecule has 0 radical (unpaired) electrons. The molecule has 0 bridgehead atoms. The van der Waals surface area contributed by atoms with E-state index in [4.69, 9.17) is 9.53 Å². The van der Waals surface area contributed by atoms with Crippen LogP contribution in [0.5, 0.6) is 5.88 Å². The van der Waals surface area contributed by atoms with Crippen LogP contribution in [0.1, 0.15) is 0 Å². The summed E-state index contributed by atoms with van der Waals surface area (Å²) in [4.78, 5) is 16.2. The number of carbonyl (C=O) groups excluding carboxylic acids is 1. The predicted molar refractivity (Wildman–Crippen MR) is 38.8 cm³/mol. The van der Waals surface area contributed by atoms with E-state index in [-0.39, 0.29) is 6.41 Å². The van der Waals surface area contributed by atoms with Crippen LogP contribution in [0.2, 0.25) is 0 Å². The molecule has 0 aliphatic carbocycles. The quantitative estimate of drug-likeness (QED) is 0.559. The summed E-state index contributed by atoms with van der Waals surface area (Å²) in [5, 5.41) is 0. The van der Waals surface area contributed by atoms with Crippen molar-refractivity contribution in [2.45, 2.75) is 0 Å². The summed E-state index contributed by atoms with van der Waals surface area (Å²) in [6, 6.07) is 0. The van der Waals surface area contributed by atoms with Crippen molar-refractivity contribution in [1.29, 1.82) is 0 Å². The number of hydrogen-bond donors (Lipinski definition) is 1. The lowest BCUT2D eigenvalue weighted by Crippen LogP contribution is -1.85. The van der Waals surface area contributed by atoms with Gasteiger partial charge in [0.05, 0.1) is 13.3 Å². The zero-order valence-electron chi connectivity index (χ0n) is 6.10. The van der Waals surface area contributed by atoms with E-state index >= 15 is 0 Å². The van der Waals surface area contributed by atoms with Crippen LogP contribution in [0.4, 0.5) is 0 Å². The third-order valence-corrected chi connectivity index (χ3v) is 0.749. The van der Waals surface area contributed by atoms with E-state index in [1.807, 2.05) is 0 Å². The molecule has 2 N–H and O–H groups in total. The van der Waals surface area contributed by atoms with Gasteiger partial charge in [-0.1, -0.05) is 0 Å². The first-order chi connectivity index (χ1) is 5.35. The predicted octanol–water partition coefficient (Wildman–Crippen LogP) is -0.413. The van der Waals surface area contributed by atoms with E-state index in [2.05, 4.69) is 15.7 Å². The van der Waals surface area contributed by atoms with Gasteiger partial charge in [0.15, 0.2) is 0 Å². The smallest absolute Gasteiger partial charge is 0.231 e. The molecule has 0 unspecified atom stereocenters. The van der Waals surface area contributed by atoms with Gasteiger partial charge in [0.25, 0.3) is 0 Å². The number of methoxy groups -OCH3 is 1. The second-order valence-corrected chi connectivity index (χ2v) is 1.38. The van der Waals surface area contributed by atoms with Crippen LogP contribution in [-0.2, 0) is 4.79 Å². The average molecular weight is 155 g/mol. The monoisotopic (exact) mass is 155 g/mol. The minimum Gasteiger partial charge on any atom is -0.480 e. The number of nitrogens with zero attached hydrogens (tertiary/aromatic N) is 2. The van der Waals surface area contributed by atoms with Crippen LogP contribution in [0.15, 0.2) is 18.6 Å². The summed E-state index contributed by atoms with van der Waals surface area (Å²) in [6.07, 6.45) is 4.99. The maximum Gasteiger partial charge on any atom is 0.231 e. The summed E-state index contributed by atoms with van der Waals surface area (Å²) < 4.78 is 4.74. The van der Waals surface area contributed by atoms with Gasteiger partial charge in [0, 0.05) is 12.4 Å². The van der Waals surface area contributed by atoms with E-state index in [0.717, 1.165) is 0 Å². The fourth-order valence-corrected chi connectivity index (χ4v) is 0.391. The van der Waals surface area contributed by atoms with Crippen LogP contribution < -0.4 is 10.5 Å². The van der Waals surface area contributed by atoms with Gasteiger partial charge >= 0.3 is 0 Å². The number of carbonyl (C=O) groups is 1. The highest BCUT2D eigenvalue weighted by Crippen LogP contribution is 1.96. The number of rotatable bonds is 1. The topological polar surface area (TPSA) is 78.1 Å². The number of hydrogen-bond acceptors (Lipinski definition) is 4. The molecule has 0 aliphatic heterocycles. The van der Waals surface area contributed by atoms with Crippen molar-refractivity contribution >= 4 is 6.41 Å². The van der Waals surface area contributed by atoms with Crippen LogP contribution in [0.3, 0.4) is 0 Å². The molecule has 0 aromatic carbocycles. The van der Waals surface area contributed by atoms with Gasteiger partial charge < -0.3 is 10.5 Å². The average Bonchev–Trinajstić information content (AvgIpc) is 2.08. The van der Waals surface area contributed by atoms with Gasteiger partial charge in [-0.3, -0.25) is 9.78 Å². The van der Waals surface area contributed by atoms with E-state index < -0.39 is 0 Å². The zero-order chi connectivity index (χ0) is 8.53. The second-order valence-electron chi connectivity index (χ2n) is 1.38. The van der Waals surface area contributed by atoms with Crippen LogP contribution in [-0.4, -0.2) is 23.5 Å². The van der Waals surface area contributed by atoms with Crippen molar-refractivity contribution in [2.24, 2.45) is 5.73 Å². The Balaban J connectivity index is 0.000000292. The van der Waals surface area contributed by atoms with Crippen LogP contribution in [0, 0.1) is 0 Å². The lowest BCUT2D eigenvalue weighted by atomic mass is 10.7. The number of aromatic nitrogens is 2. The fraction of sp³-hybridized carbons (Fsp3) is 0.167. The highest BCUT2D eigenvalue weighted by molar-refractivity contribution is 5.42. The molecule has 0 atom stereocenters. The number of nitrogens with two attached hydrogens (primary N) is 1. The van der Waals surface area contributed by atoms with Gasteiger partial charge in [-0.2, -0.15) is 0 Å². The molecule has 60 valence electrons. The van der Waals surface area contributed by atoms with Crippen molar-refractivity contribution in [3.8, 4) is 5.88 Å². The molecule has 0 spiro atoms. The molecule has 1 rings (SSSR count). The lowest BCUT2D eigenvalue weighted by Gasteiger charge is -1.91. The zero-order valence-corrected chi connectivity index (χ0v) is 6.10. The normalized spacial score (nSPS) is 7.36. The molecule has 5 nitrogen and oxygen atoms in total. The van der Waals surface area contributed by atoms with Crippen molar-refractivity contribution < 1.29 is 9.53 Å². The van der Waals surface area contributed by atoms with Crippen molar-refractivity contribution in [3.05, 3.63) is 18.6 Å². The van der Waals surface area contributed by atoms with Gasteiger partial charge in [-0.15, -0.1) is 0 Å². The molecule has 1 heterocycles.